The molecule has 0 atom stereocenters. The zero-order valence-corrected chi connectivity index (χ0v) is 69.9. The molecule has 2 aromatic heterocycles. The summed E-state index contributed by atoms with van der Waals surface area (Å²) in [6, 6.07) is 6.27. The molecule has 0 bridgehead atoms. The Kier molecular flexibility index (Phi) is 64.7. The van der Waals surface area contributed by atoms with E-state index in [1.54, 1.807) is 11.8 Å². The molecule has 564 valence electrons. The van der Waals surface area contributed by atoms with Crippen LogP contribution in [0.25, 0.3) is 0 Å². The number of carbonyl (C=O) groups is 1. The second-order valence-corrected chi connectivity index (χ2v) is 33.9. The van der Waals surface area contributed by atoms with Crippen molar-refractivity contribution < 1.29 is 4.79 Å². The number of rotatable bonds is 20. The predicted octanol–water partition coefficient (Wildman–Crippen LogP) is 20.0. The molecule has 7 rings (SSSR count). The molecule has 11 nitrogen and oxygen atoms in total. The van der Waals surface area contributed by atoms with Crippen LogP contribution < -0.4 is 0 Å². The van der Waals surface area contributed by atoms with E-state index in [0.717, 1.165) is 73.4 Å². The molecule has 5 aliphatic heterocycles. The topological polar surface area (TPSA) is 62.5 Å². The fraction of sp³-hybridized carbons (Fsp3) is 0.881. The van der Waals surface area contributed by atoms with Gasteiger partial charge in [-0.15, -0.1) is 12.3 Å². The molecular formula is C84H172N10O. The van der Waals surface area contributed by atoms with Crippen LogP contribution in [0.15, 0.2) is 36.8 Å². The zero-order chi connectivity index (χ0) is 73.5. The number of terminal acetylenes is 1. The normalized spacial score (nSPS) is 16.5. The number of carbonyl (C=O) groups excluding carboxylic acids is 1. The minimum Gasteiger partial charge on any atom is -0.351 e. The molecule has 2 aromatic rings. The number of piperidine rings is 3. The summed E-state index contributed by atoms with van der Waals surface area (Å²) >= 11 is 0. The molecule has 5 fully saturated rings. The Balaban J connectivity index is -0.000000483. The van der Waals surface area contributed by atoms with Crippen molar-refractivity contribution in [3.63, 3.8) is 0 Å². The summed E-state index contributed by atoms with van der Waals surface area (Å²) in [4.78, 5) is 27.4. The molecule has 0 N–H and O–H groups in total. The molecule has 5 saturated heterocycles. The van der Waals surface area contributed by atoms with Crippen LogP contribution in [0.4, 0.5) is 0 Å². The van der Waals surface area contributed by atoms with E-state index in [-0.39, 0.29) is 5.91 Å². The third-order valence-electron chi connectivity index (χ3n) is 16.4. The van der Waals surface area contributed by atoms with Crippen LogP contribution >= 0.6 is 0 Å². The van der Waals surface area contributed by atoms with Crippen LogP contribution in [0.2, 0.25) is 0 Å². The lowest BCUT2D eigenvalue weighted by molar-refractivity contribution is -0.128. The number of likely N-dealkylation sites (tertiary alicyclic amines) is 5. The minimum atomic E-state index is 0.142. The maximum absolute atomic E-state index is 10.6. The quantitative estimate of drug-likeness (QED) is 0.122. The number of aryl methyl sites for hydroxylation is 1. The van der Waals surface area contributed by atoms with E-state index in [0.29, 0.717) is 23.2 Å². The molecule has 11 heteroatoms. The summed E-state index contributed by atoms with van der Waals surface area (Å²) < 4.78 is 4.29. The van der Waals surface area contributed by atoms with Crippen molar-refractivity contribution >= 4 is 5.91 Å². The third kappa shape index (κ3) is 70.9. The van der Waals surface area contributed by atoms with Crippen LogP contribution in [0.1, 0.15) is 270 Å². The highest BCUT2D eigenvalue weighted by Crippen LogP contribution is 2.30. The molecule has 0 aliphatic carbocycles. The molecular weight excluding hydrogens is 1160 g/mol. The van der Waals surface area contributed by atoms with Crippen LogP contribution in [0, 0.1) is 82.9 Å². The lowest BCUT2D eigenvalue weighted by Crippen LogP contribution is -2.39. The Morgan fingerprint density at radius 1 is 0.463 bits per heavy atom. The number of hydrogen-bond acceptors (Lipinski definition) is 8. The van der Waals surface area contributed by atoms with Gasteiger partial charge in [-0.1, -0.05) is 199 Å². The van der Waals surface area contributed by atoms with Gasteiger partial charge in [0.2, 0.25) is 5.91 Å². The summed E-state index contributed by atoms with van der Waals surface area (Å²) in [7, 11) is 6.02. The molecule has 0 aromatic carbocycles. The van der Waals surface area contributed by atoms with Crippen LogP contribution in [0.5, 0.6) is 0 Å². The maximum Gasteiger partial charge on any atom is 0.219 e. The van der Waals surface area contributed by atoms with E-state index in [2.05, 4.69) is 244 Å². The van der Waals surface area contributed by atoms with Crippen molar-refractivity contribution in [3.05, 3.63) is 42.5 Å². The van der Waals surface area contributed by atoms with Gasteiger partial charge < -0.3 is 38.9 Å². The lowest BCUT2D eigenvalue weighted by atomic mass is 9.82. The first-order valence-corrected chi connectivity index (χ1v) is 39.4. The molecule has 0 unspecified atom stereocenters. The second kappa shape index (κ2) is 62.3. The van der Waals surface area contributed by atoms with Crippen LogP contribution in [-0.2, 0) is 24.3 Å². The van der Waals surface area contributed by atoms with Gasteiger partial charge in [-0.3, -0.25) is 9.48 Å². The number of amides is 1. The van der Waals surface area contributed by atoms with Gasteiger partial charge in [0.05, 0.1) is 0 Å². The Morgan fingerprint density at radius 2 is 0.789 bits per heavy atom. The monoisotopic (exact) mass is 1340 g/mol. The Morgan fingerprint density at radius 3 is 1.01 bits per heavy atom. The molecule has 95 heavy (non-hydrogen) atoms. The fourth-order valence-corrected chi connectivity index (χ4v) is 11.3. The van der Waals surface area contributed by atoms with E-state index in [1.165, 1.54) is 187 Å². The summed E-state index contributed by atoms with van der Waals surface area (Å²) in [5, 5.41) is 4.07. The van der Waals surface area contributed by atoms with Gasteiger partial charge in [-0.05, 0) is 233 Å². The minimum absolute atomic E-state index is 0.142. The van der Waals surface area contributed by atoms with E-state index >= 15 is 0 Å². The molecule has 7 heterocycles. The van der Waals surface area contributed by atoms with Gasteiger partial charge in [0.25, 0.3) is 0 Å². The van der Waals surface area contributed by atoms with Crippen molar-refractivity contribution in [2.75, 3.05) is 132 Å². The first-order chi connectivity index (χ1) is 44.4. The standard InChI is InChI=1S/C11H23N.C10H17N.2C9H19N.C8H17N.C7H12N2.C7H15NO.C7H15N.C6H15N.C5H12.C5H8/c1-10(2)9-12-7-5-11(3,4)6-8-12;1-4-10-6-5-7-11(10)8-9(2)3;2*1-9(2)8-10-6-4-3-5-7-10;1-8(2)7-9-5-3-4-6-9;1-7(2)6-9-5-3-4-8-9;1-6(2)5-8(4)7(3)9;1-7(2)6-8-4-3-5-8;1-6(2)5-7(3)4;2*1-4-5(2)3/h10H,5-9H2,1-4H3;5-7,9H,4,8H2,1-3H3;2*9H,3-8H2,1-2H3;8H,3-7H2,1-2H3;3-5,7H,6H2,1-2H3;6H,5H2,1-4H3;7H,3-6H2,1-2H3;6H,5H2,1-4H3;5H,4H2,1-3H3;1,5H,2-3H3. The second-order valence-electron chi connectivity index (χ2n) is 33.9. The highest BCUT2D eigenvalue weighted by molar-refractivity contribution is 5.72. The van der Waals surface area contributed by atoms with Gasteiger partial charge in [0.1, 0.15) is 0 Å². The lowest BCUT2D eigenvalue weighted by Gasteiger charge is -2.37. The summed E-state index contributed by atoms with van der Waals surface area (Å²) in [5.74, 6) is 11.0. The highest BCUT2D eigenvalue weighted by Gasteiger charge is 2.25. The Hall–Kier alpha value is -2.72. The van der Waals surface area contributed by atoms with E-state index < -0.39 is 0 Å². The number of hydrogen-bond donors (Lipinski definition) is 0. The van der Waals surface area contributed by atoms with E-state index in [1.807, 2.05) is 44.0 Å². The van der Waals surface area contributed by atoms with Crippen LogP contribution in [0.3, 0.4) is 0 Å². The molecule has 0 saturated carbocycles. The Bertz CT molecular complexity index is 1890. The van der Waals surface area contributed by atoms with Gasteiger partial charge in [0.15, 0.2) is 0 Å². The molecule has 1 amide bonds. The molecule has 0 radical (unpaired) electrons. The van der Waals surface area contributed by atoms with Crippen molar-refractivity contribution in [1.82, 2.24) is 48.6 Å². The van der Waals surface area contributed by atoms with Crippen molar-refractivity contribution in [3.8, 4) is 12.3 Å². The van der Waals surface area contributed by atoms with E-state index in [9.17, 15) is 4.79 Å². The van der Waals surface area contributed by atoms with Gasteiger partial charge >= 0.3 is 0 Å². The predicted molar refractivity (Wildman–Crippen MR) is 427 cm³/mol. The Labute approximate surface area is 597 Å². The average Bonchev–Trinajstić information content (AvgIpc) is 1.75. The summed E-state index contributed by atoms with van der Waals surface area (Å²) in [6.07, 6.45) is 28.9. The summed E-state index contributed by atoms with van der Waals surface area (Å²) in [5.41, 5.74) is 2.05. The fourth-order valence-electron chi connectivity index (χ4n) is 11.3. The van der Waals surface area contributed by atoms with Crippen molar-refractivity contribution in [2.45, 2.75) is 284 Å². The largest absolute Gasteiger partial charge is 0.351 e. The average molecular weight is 1340 g/mol. The molecule has 0 spiro atoms. The first-order valence-electron chi connectivity index (χ1n) is 39.4. The summed E-state index contributed by atoms with van der Waals surface area (Å²) in [6.45, 7) is 83.7. The number of aromatic nitrogens is 3. The van der Waals surface area contributed by atoms with Crippen LogP contribution in [-0.4, -0.2) is 187 Å². The van der Waals surface area contributed by atoms with Gasteiger partial charge in [0, 0.05) is 96.5 Å². The highest BCUT2D eigenvalue weighted by atomic mass is 16.2. The van der Waals surface area contributed by atoms with Gasteiger partial charge in [-0.2, -0.15) is 5.10 Å². The van der Waals surface area contributed by atoms with Gasteiger partial charge in [-0.25, -0.2) is 0 Å². The first kappa shape index (κ1) is 98.7. The van der Waals surface area contributed by atoms with Crippen molar-refractivity contribution in [2.24, 2.45) is 70.5 Å². The smallest absolute Gasteiger partial charge is 0.219 e. The maximum atomic E-state index is 10.6. The number of nitrogens with zero attached hydrogens (tertiary/aromatic N) is 10. The van der Waals surface area contributed by atoms with Crippen molar-refractivity contribution in [1.29, 1.82) is 0 Å². The third-order valence-corrected chi connectivity index (χ3v) is 16.4. The van der Waals surface area contributed by atoms with E-state index in [4.69, 9.17) is 6.42 Å². The zero-order valence-electron chi connectivity index (χ0n) is 69.9. The SMILES string of the molecule is C#CC(C)C.CC(=O)N(C)CC(C)C.CC(C)CN(C)C.CC(C)CN1CCC(C)(C)CC1.CC(C)CN1CCC1.CC(C)CN1CCCC1.CC(C)CN1CCCCC1.CC(C)CN1CCCCC1.CC(C)Cn1cccn1.CCC(C)C.CCc1cccn1CC(C)C. The molecule has 5 aliphatic rings.